The fourth-order valence-electron chi connectivity index (χ4n) is 2.48. The van der Waals surface area contributed by atoms with Gasteiger partial charge in [-0.1, -0.05) is 0 Å². The van der Waals surface area contributed by atoms with E-state index >= 15 is 0 Å². The van der Waals surface area contributed by atoms with Gasteiger partial charge in [-0.15, -0.1) is 0 Å². The van der Waals surface area contributed by atoms with Crippen LogP contribution in [0.2, 0.25) is 0 Å². The standard InChI is InChI=1S/C15H17N7O4/c23-15(10-3-5-16-6-4-10)21-20-14-12(22(24)25)13(18-9-19-14)17-8-11-2-1-7-26-11/h3-6,9,11H,1-2,7-8H2,(H,21,23)(H2,17,18,19,20). The molecule has 0 saturated carbocycles. The van der Waals surface area contributed by atoms with Crippen molar-refractivity contribution in [2.24, 2.45) is 0 Å². The molecule has 11 nitrogen and oxygen atoms in total. The summed E-state index contributed by atoms with van der Waals surface area (Å²) in [6.07, 6.45) is 5.95. The second-order valence-corrected chi connectivity index (χ2v) is 5.51. The summed E-state index contributed by atoms with van der Waals surface area (Å²) < 4.78 is 5.48. The Labute approximate surface area is 148 Å². The highest BCUT2D eigenvalue weighted by Crippen LogP contribution is 2.28. The van der Waals surface area contributed by atoms with Crippen molar-refractivity contribution in [3.8, 4) is 0 Å². The number of hydrazine groups is 1. The first-order valence-electron chi connectivity index (χ1n) is 7.96. The minimum absolute atomic E-state index is 0.00706. The van der Waals surface area contributed by atoms with Gasteiger partial charge < -0.3 is 10.1 Å². The first kappa shape index (κ1) is 17.5. The van der Waals surface area contributed by atoms with Crippen molar-refractivity contribution in [3.63, 3.8) is 0 Å². The molecule has 0 aromatic carbocycles. The first-order valence-corrected chi connectivity index (χ1v) is 7.96. The summed E-state index contributed by atoms with van der Waals surface area (Å²) in [5.41, 5.74) is 4.84. The Kier molecular flexibility index (Phi) is 5.49. The third-order valence-electron chi connectivity index (χ3n) is 3.76. The molecule has 1 aliphatic heterocycles. The molecular weight excluding hydrogens is 342 g/mol. The van der Waals surface area contributed by atoms with Crippen LogP contribution in [-0.4, -0.2) is 45.0 Å². The largest absolute Gasteiger partial charge is 0.376 e. The fourth-order valence-corrected chi connectivity index (χ4v) is 2.48. The van der Waals surface area contributed by atoms with Gasteiger partial charge >= 0.3 is 5.69 Å². The summed E-state index contributed by atoms with van der Waals surface area (Å²) in [5.74, 6) is -0.544. The number of anilines is 2. The van der Waals surface area contributed by atoms with Crippen LogP contribution < -0.4 is 16.2 Å². The normalized spacial score (nSPS) is 16.1. The molecule has 1 fully saturated rings. The Morgan fingerprint density at radius 1 is 1.31 bits per heavy atom. The number of rotatable bonds is 7. The van der Waals surface area contributed by atoms with Crippen LogP contribution in [0.4, 0.5) is 17.3 Å². The van der Waals surface area contributed by atoms with Crippen molar-refractivity contribution in [1.82, 2.24) is 20.4 Å². The molecule has 0 aliphatic carbocycles. The van der Waals surface area contributed by atoms with Gasteiger partial charge in [-0.05, 0) is 25.0 Å². The van der Waals surface area contributed by atoms with Crippen LogP contribution in [-0.2, 0) is 4.74 Å². The van der Waals surface area contributed by atoms with Crippen molar-refractivity contribution in [2.45, 2.75) is 18.9 Å². The zero-order chi connectivity index (χ0) is 18.4. The van der Waals surface area contributed by atoms with Gasteiger partial charge in [0, 0.05) is 31.1 Å². The van der Waals surface area contributed by atoms with Crippen molar-refractivity contribution < 1.29 is 14.5 Å². The van der Waals surface area contributed by atoms with Crippen LogP contribution in [0.15, 0.2) is 30.9 Å². The first-order chi connectivity index (χ1) is 12.6. The van der Waals surface area contributed by atoms with E-state index in [4.69, 9.17) is 4.74 Å². The predicted molar refractivity (Wildman–Crippen MR) is 91.5 cm³/mol. The maximum absolute atomic E-state index is 12.0. The molecule has 3 heterocycles. The molecule has 1 saturated heterocycles. The average molecular weight is 359 g/mol. The van der Waals surface area contributed by atoms with Crippen LogP contribution in [0, 0.1) is 10.1 Å². The number of pyridine rings is 1. The minimum Gasteiger partial charge on any atom is -0.376 e. The smallest absolute Gasteiger partial charge is 0.354 e. The van der Waals surface area contributed by atoms with Crippen LogP contribution in [0.25, 0.3) is 0 Å². The molecule has 0 radical (unpaired) electrons. The summed E-state index contributed by atoms with van der Waals surface area (Å²) in [5, 5.41) is 14.4. The molecule has 2 aromatic heterocycles. The van der Waals surface area contributed by atoms with E-state index in [1.807, 2.05) is 0 Å². The van der Waals surface area contributed by atoms with Gasteiger partial charge in [0.15, 0.2) is 0 Å². The highest BCUT2D eigenvalue weighted by molar-refractivity contribution is 5.94. The molecule has 1 unspecified atom stereocenters. The Morgan fingerprint density at radius 3 is 2.77 bits per heavy atom. The van der Waals surface area contributed by atoms with Gasteiger partial charge in [0.1, 0.15) is 6.33 Å². The molecule has 3 N–H and O–H groups in total. The second kappa shape index (κ2) is 8.16. The lowest BCUT2D eigenvalue weighted by molar-refractivity contribution is -0.383. The van der Waals surface area contributed by atoms with Gasteiger partial charge in [0.2, 0.25) is 11.6 Å². The number of ether oxygens (including phenoxy) is 1. The van der Waals surface area contributed by atoms with Crippen molar-refractivity contribution >= 4 is 23.2 Å². The summed E-state index contributed by atoms with van der Waals surface area (Å²) in [6, 6.07) is 3.03. The number of nitrogens with zero attached hydrogens (tertiary/aromatic N) is 4. The Morgan fingerprint density at radius 2 is 2.08 bits per heavy atom. The molecule has 1 aliphatic rings. The number of carbonyl (C=O) groups excluding carboxylic acids is 1. The maximum Gasteiger partial charge on any atom is 0.354 e. The van der Waals surface area contributed by atoms with Gasteiger partial charge in [-0.3, -0.25) is 30.7 Å². The summed E-state index contributed by atoms with van der Waals surface area (Å²) in [6.45, 7) is 1.09. The van der Waals surface area contributed by atoms with Crippen LogP contribution in [0.1, 0.15) is 23.2 Å². The van der Waals surface area contributed by atoms with Gasteiger partial charge in [-0.25, -0.2) is 9.97 Å². The topological polar surface area (TPSA) is 144 Å². The quantitative estimate of drug-likeness (QED) is 0.489. The third-order valence-corrected chi connectivity index (χ3v) is 3.76. The zero-order valence-electron chi connectivity index (χ0n) is 13.7. The molecular formula is C15H17N7O4. The number of aromatic nitrogens is 3. The molecule has 1 amide bonds. The highest BCUT2D eigenvalue weighted by Gasteiger charge is 2.25. The van der Waals surface area contributed by atoms with E-state index in [1.165, 1.54) is 30.9 Å². The number of nitrogens with one attached hydrogen (secondary N) is 3. The third kappa shape index (κ3) is 4.19. The van der Waals surface area contributed by atoms with E-state index in [0.717, 1.165) is 12.8 Å². The summed E-state index contributed by atoms with van der Waals surface area (Å²) in [4.78, 5) is 34.5. The summed E-state index contributed by atoms with van der Waals surface area (Å²) in [7, 11) is 0. The number of nitro groups is 1. The highest BCUT2D eigenvalue weighted by atomic mass is 16.6. The molecule has 11 heteroatoms. The van der Waals surface area contributed by atoms with E-state index in [1.54, 1.807) is 0 Å². The number of hydrogen-bond acceptors (Lipinski definition) is 9. The number of amides is 1. The van der Waals surface area contributed by atoms with E-state index in [2.05, 4.69) is 31.1 Å². The van der Waals surface area contributed by atoms with Crippen LogP contribution >= 0.6 is 0 Å². The van der Waals surface area contributed by atoms with Crippen molar-refractivity contribution in [2.75, 3.05) is 23.9 Å². The van der Waals surface area contributed by atoms with Crippen LogP contribution in [0.3, 0.4) is 0 Å². The minimum atomic E-state index is -0.612. The molecule has 0 bridgehead atoms. The Hall–Kier alpha value is -3.34. The van der Waals surface area contributed by atoms with E-state index in [-0.39, 0.29) is 23.4 Å². The van der Waals surface area contributed by atoms with Crippen LogP contribution in [0.5, 0.6) is 0 Å². The van der Waals surface area contributed by atoms with E-state index in [0.29, 0.717) is 18.7 Å². The van der Waals surface area contributed by atoms with E-state index < -0.39 is 10.8 Å². The second-order valence-electron chi connectivity index (χ2n) is 5.51. The van der Waals surface area contributed by atoms with E-state index in [9.17, 15) is 14.9 Å². The molecule has 2 aromatic rings. The maximum atomic E-state index is 12.0. The Balaban J connectivity index is 1.70. The lowest BCUT2D eigenvalue weighted by Gasteiger charge is -2.13. The SMILES string of the molecule is O=C(NNc1ncnc(NCC2CCCO2)c1[N+](=O)[O-])c1ccncc1. The van der Waals surface area contributed by atoms with Crippen molar-refractivity contribution in [1.29, 1.82) is 0 Å². The molecule has 26 heavy (non-hydrogen) atoms. The van der Waals surface area contributed by atoms with Gasteiger partial charge in [0.05, 0.1) is 11.0 Å². The molecule has 3 rings (SSSR count). The average Bonchev–Trinajstić information content (AvgIpc) is 3.18. The molecule has 1 atom stereocenters. The lowest BCUT2D eigenvalue weighted by Crippen LogP contribution is -2.30. The lowest BCUT2D eigenvalue weighted by atomic mass is 10.2. The Bertz CT molecular complexity index is 781. The molecule has 0 spiro atoms. The summed E-state index contributed by atoms with van der Waals surface area (Å²) >= 11 is 0. The number of hydrogen-bond donors (Lipinski definition) is 3. The number of carbonyl (C=O) groups is 1. The molecule has 136 valence electrons. The predicted octanol–water partition coefficient (Wildman–Crippen LogP) is 1.13. The zero-order valence-corrected chi connectivity index (χ0v) is 13.7. The van der Waals surface area contributed by atoms with Gasteiger partial charge in [-0.2, -0.15) is 0 Å². The van der Waals surface area contributed by atoms with Crippen molar-refractivity contribution in [3.05, 3.63) is 46.5 Å². The van der Waals surface area contributed by atoms with Gasteiger partial charge in [0.25, 0.3) is 5.91 Å². The monoisotopic (exact) mass is 359 g/mol. The fraction of sp³-hybridized carbons (Fsp3) is 0.333.